The van der Waals surface area contributed by atoms with Gasteiger partial charge in [-0.1, -0.05) is 0 Å². The highest BCUT2D eigenvalue weighted by atomic mass is 16.6. The lowest BCUT2D eigenvalue weighted by atomic mass is 10.0. The van der Waals surface area contributed by atoms with Crippen LogP contribution in [0.25, 0.3) is 0 Å². The van der Waals surface area contributed by atoms with Crippen molar-refractivity contribution in [2.75, 3.05) is 13.7 Å². The molecule has 1 rings (SSSR count). The number of hydrogen-bond acceptors (Lipinski definition) is 6. The Morgan fingerprint density at radius 2 is 2.16 bits per heavy atom. The van der Waals surface area contributed by atoms with Crippen molar-refractivity contribution in [2.24, 2.45) is 0 Å². The van der Waals surface area contributed by atoms with Crippen molar-refractivity contribution in [3.05, 3.63) is 33.4 Å². The normalized spacial score (nSPS) is 9.79. The number of aldehydes is 1. The molecular weight excluding hydrogens is 254 g/mol. The highest BCUT2D eigenvalue weighted by Gasteiger charge is 2.20. The number of nitro benzene ring substituents is 1. The van der Waals surface area contributed by atoms with Gasteiger partial charge in [0.1, 0.15) is 0 Å². The van der Waals surface area contributed by atoms with Crippen LogP contribution in [-0.4, -0.2) is 30.9 Å². The van der Waals surface area contributed by atoms with E-state index in [9.17, 15) is 19.7 Å². The summed E-state index contributed by atoms with van der Waals surface area (Å²) in [7, 11) is 1.27. The largest absolute Gasteiger partial charge is 0.490 e. The number of benzene rings is 1. The van der Waals surface area contributed by atoms with E-state index in [2.05, 4.69) is 0 Å². The number of carbonyl (C=O) groups is 2. The van der Waals surface area contributed by atoms with E-state index < -0.39 is 10.9 Å². The van der Waals surface area contributed by atoms with E-state index in [1.54, 1.807) is 6.92 Å². The first-order valence-electron chi connectivity index (χ1n) is 5.49. The second kappa shape index (κ2) is 6.48. The van der Waals surface area contributed by atoms with Gasteiger partial charge in [-0.25, -0.2) is 0 Å². The van der Waals surface area contributed by atoms with E-state index in [0.717, 1.165) is 6.07 Å². The van der Waals surface area contributed by atoms with Crippen molar-refractivity contribution < 1.29 is 24.0 Å². The molecule has 0 amide bonds. The minimum atomic E-state index is -0.653. The first-order valence-corrected chi connectivity index (χ1v) is 5.49. The molecule has 19 heavy (non-hydrogen) atoms. The van der Waals surface area contributed by atoms with Crippen LogP contribution in [-0.2, 0) is 16.0 Å². The van der Waals surface area contributed by atoms with Crippen LogP contribution in [0.5, 0.6) is 5.75 Å². The van der Waals surface area contributed by atoms with E-state index in [1.165, 1.54) is 13.2 Å². The second-order valence-electron chi connectivity index (χ2n) is 3.58. The van der Waals surface area contributed by atoms with Crippen LogP contribution in [0.2, 0.25) is 0 Å². The molecule has 102 valence electrons. The van der Waals surface area contributed by atoms with E-state index in [1.807, 2.05) is 0 Å². The highest BCUT2D eigenvalue weighted by molar-refractivity contribution is 5.84. The number of carbonyl (C=O) groups excluding carboxylic acids is 2. The molecule has 0 aliphatic carbocycles. The summed E-state index contributed by atoms with van der Waals surface area (Å²) >= 11 is 0. The first kappa shape index (κ1) is 14.6. The number of rotatable bonds is 6. The summed E-state index contributed by atoms with van der Waals surface area (Å²) in [6.07, 6.45) is 0.317. The van der Waals surface area contributed by atoms with Gasteiger partial charge in [0.05, 0.1) is 25.1 Å². The zero-order valence-electron chi connectivity index (χ0n) is 10.5. The van der Waals surface area contributed by atoms with Gasteiger partial charge in [-0.15, -0.1) is 0 Å². The number of hydrogen-bond donors (Lipinski definition) is 0. The number of nitro groups is 1. The molecule has 7 nitrogen and oxygen atoms in total. The lowest BCUT2D eigenvalue weighted by Crippen LogP contribution is -2.10. The summed E-state index contributed by atoms with van der Waals surface area (Å²) in [5.74, 6) is -0.517. The van der Waals surface area contributed by atoms with Crippen LogP contribution in [0.15, 0.2) is 12.1 Å². The number of ether oxygens (including phenoxy) is 2. The fourth-order valence-corrected chi connectivity index (χ4v) is 1.56. The maximum atomic E-state index is 11.4. The maximum Gasteiger partial charge on any atom is 0.311 e. The minimum Gasteiger partial charge on any atom is -0.490 e. The third-order valence-electron chi connectivity index (χ3n) is 2.40. The van der Waals surface area contributed by atoms with Crippen LogP contribution in [0.3, 0.4) is 0 Å². The van der Waals surface area contributed by atoms with E-state index >= 15 is 0 Å². The van der Waals surface area contributed by atoms with Crippen molar-refractivity contribution in [3.63, 3.8) is 0 Å². The molecule has 0 spiro atoms. The highest BCUT2D eigenvalue weighted by Crippen LogP contribution is 2.30. The molecule has 1 aromatic rings. The Labute approximate surface area is 109 Å². The summed E-state index contributed by atoms with van der Waals surface area (Å²) in [6.45, 7) is 1.88. The fourth-order valence-electron chi connectivity index (χ4n) is 1.56. The molecule has 0 radical (unpaired) electrons. The van der Waals surface area contributed by atoms with E-state index in [4.69, 9.17) is 9.47 Å². The minimum absolute atomic E-state index is 0.00472. The van der Waals surface area contributed by atoms with Gasteiger partial charge in [0.2, 0.25) is 0 Å². The Kier molecular flexibility index (Phi) is 4.99. The SMILES string of the molecule is CCOC(=O)Cc1cc(OC)c([N+](=O)[O-])cc1C=O. The molecule has 7 heteroatoms. The van der Waals surface area contributed by atoms with E-state index in [0.29, 0.717) is 11.8 Å². The van der Waals surface area contributed by atoms with Crippen LogP contribution in [0.4, 0.5) is 5.69 Å². The van der Waals surface area contributed by atoms with Crippen molar-refractivity contribution in [1.82, 2.24) is 0 Å². The molecular formula is C12H13NO6. The van der Waals surface area contributed by atoms with Gasteiger partial charge < -0.3 is 9.47 Å². The zero-order chi connectivity index (χ0) is 14.4. The zero-order valence-corrected chi connectivity index (χ0v) is 10.5. The number of nitrogens with zero attached hydrogens (tertiary/aromatic N) is 1. The Morgan fingerprint density at radius 3 is 2.63 bits per heavy atom. The Bertz CT molecular complexity index is 511. The van der Waals surface area contributed by atoms with Crippen LogP contribution in [0, 0.1) is 10.1 Å². The van der Waals surface area contributed by atoms with Crippen LogP contribution < -0.4 is 4.74 Å². The van der Waals surface area contributed by atoms with Crippen LogP contribution in [0.1, 0.15) is 22.8 Å². The fraction of sp³-hybridized carbons (Fsp3) is 0.333. The number of esters is 1. The summed E-state index contributed by atoms with van der Waals surface area (Å²) < 4.78 is 9.65. The van der Waals surface area contributed by atoms with Crippen molar-refractivity contribution in [1.29, 1.82) is 0 Å². The Balaban J connectivity index is 3.20. The molecule has 0 aromatic heterocycles. The van der Waals surface area contributed by atoms with Gasteiger partial charge in [0.25, 0.3) is 0 Å². The van der Waals surface area contributed by atoms with E-state index in [-0.39, 0.29) is 30.0 Å². The van der Waals surface area contributed by atoms with Gasteiger partial charge in [-0.3, -0.25) is 19.7 Å². The predicted octanol–water partition coefficient (Wildman–Crippen LogP) is 1.52. The molecule has 0 fully saturated rings. The van der Waals surface area contributed by atoms with Gasteiger partial charge >= 0.3 is 11.7 Å². The summed E-state index contributed by atoms with van der Waals surface area (Å²) in [5.41, 5.74) is 0.0775. The topological polar surface area (TPSA) is 95.7 Å². The quantitative estimate of drug-likeness (QED) is 0.335. The molecule has 0 N–H and O–H groups in total. The molecule has 0 unspecified atom stereocenters. The predicted molar refractivity (Wildman–Crippen MR) is 65.4 cm³/mol. The lowest BCUT2D eigenvalue weighted by molar-refractivity contribution is -0.385. The average molecular weight is 267 g/mol. The maximum absolute atomic E-state index is 11.4. The summed E-state index contributed by atoms with van der Waals surface area (Å²) in [5, 5.41) is 10.8. The van der Waals surface area contributed by atoms with Crippen molar-refractivity contribution >= 4 is 17.9 Å². The van der Waals surface area contributed by atoms with Gasteiger partial charge in [0, 0.05) is 11.6 Å². The lowest BCUT2D eigenvalue weighted by Gasteiger charge is -2.08. The molecule has 0 saturated heterocycles. The third-order valence-corrected chi connectivity index (χ3v) is 2.40. The Hall–Kier alpha value is -2.44. The van der Waals surface area contributed by atoms with Crippen molar-refractivity contribution in [2.45, 2.75) is 13.3 Å². The molecule has 0 aliphatic heterocycles. The van der Waals surface area contributed by atoms with Crippen LogP contribution >= 0.6 is 0 Å². The molecule has 1 aromatic carbocycles. The molecule has 0 saturated carbocycles. The molecule has 0 heterocycles. The smallest absolute Gasteiger partial charge is 0.311 e. The Morgan fingerprint density at radius 1 is 1.47 bits per heavy atom. The second-order valence-corrected chi connectivity index (χ2v) is 3.58. The average Bonchev–Trinajstić information content (AvgIpc) is 2.38. The van der Waals surface area contributed by atoms with Crippen molar-refractivity contribution in [3.8, 4) is 5.75 Å². The first-order chi connectivity index (χ1) is 9.03. The summed E-state index contributed by atoms with van der Waals surface area (Å²) in [4.78, 5) is 32.5. The summed E-state index contributed by atoms with van der Waals surface area (Å²) in [6, 6.07) is 2.39. The molecule has 0 aliphatic rings. The number of methoxy groups -OCH3 is 1. The molecule has 0 bridgehead atoms. The monoisotopic (exact) mass is 267 g/mol. The van der Waals surface area contributed by atoms with Gasteiger partial charge in [-0.2, -0.15) is 0 Å². The van der Waals surface area contributed by atoms with Gasteiger partial charge in [0.15, 0.2) is 12.0 Å². The molecule has 0 atom stereocenters. The van der Waals surface area contributed by atoms with Gasteiger partial charge in [-0.05, 0) is 18.6 Å². The third kappa shape index (κ3) is 3.51. The standard InChI is InChI=1S/C12H13NO6/c1-3-19-12(15)6-8-5-11(18-2)10(13(16)17)4-9(8)7-14/h4-5,7H,3,6H2,1-2H3.